The van der Waals surface area contributed by atoms with E-state index >= 15 is 0 Å². The number of nitrogens with zero attached hydrogens (tertiary/aromatic N) is 3. The number of nitrogens with two attached hydrogens (primary N) is 1. The molecule has 0 saturated carbocycles. The Hall–Kier alpha value is -1.44. The number of likely N-dealkylation sites (tertiary alicyclic amines) is 1. The Morgan fingerprint density at radius 1 is 1.46 bits per heavy atom. The summed E-state index contributed by atoms with van der Waals surface area (Å²) in [4.78, 5) is 18.4. The standard InChI is InChI=1S/C16H19BrN4O2.ClH/c1-10(18)16(22)21-8-2-3-13(21)15-19-14(20-23-15)9-11-4-6-12(17)7-5-11;/h4-7,10,13H,2-3,8-9,18H2,1H3;1H/t10-,13?;/m0./s1. The number of amides is 1. The van der Waals surface area contributed by atoms with E-state index in [2.05, 4.69) is 26.1 Å². The lowest BCUT2D eigenvalue weighted by Gasteiger charge is -2.23. The second-order valence-corrected chi connectivity index (χ2v) is 6.75. The Kier molecular flexibility index (Phi) is 6.37. The summed E-state index contributed by atoms with van der Waals surface area (Å²) in [6.07, 6.45) is 2.36. The van der Waals surface area contributed by atoms with Gasteiger partial charge in [-0.25, -0.2) is 0 Å². The smallest absolute Gasteiger partial charge is 0.249 e. The van der Waals surface area contributed by atoms with E-state index in [0.29, 0.717) is 24.7 Å². The second-order valence-electron chi connectivity index (χ2n) is 5.83. The Labute approximate surface area is 155 Å². The molecule has 2 aromatic rings. The van der Waals surface area contributed by atoms with Crippen molar-refractivity contribution < 1.29 is 9.32 Å². The molecule has 2 N–H and O–H groups in total. The molecule has 1 fully saturated rings. The van der Waals surface area contributed by atoms with E-state index in [0.717, 1.165) is 22.9 Å². The van der Waals surface area contributed by atoms with Gasteiger partial charge in [0.05, 0.1) is 6.04 Å². The molecule has 0 bridgehead atoms. The van der Waals surface area contributed by atoms with Gasteiger partial charge in [0, 0.05) is 17.4 Å². The van der Waals surface area contributed by atoms with Gasteiger partial charge in [0.25, 0.3) is 0 Å². The Morgan fingerprint density at radius 3 is 2.83 bits per heavy atom. The molecule has 2 atom stereocenters. The van der Waals surface area contributed by atoms with Crippen LogP contribution in [0.25, 0.3) is 0 Å². The predicted octanol–water partition coefficient (Wildman–Crippen LogP) is 2.86. The number of rotatable bonds is 4. The van der Waals surface area contributed by atoms with Crippen LogP contribution < -0.4 is 5.73 Å². The lowest BCUT2D eigenvalue weighted by atomic mass is 10.1. The van der Waals surface area contributed by atoms with Gasteiger partial charge < -0.3 is 15.2 Å². The minimum absolute atomic E-state index is 0. The first-order chi connectivity index (χ1) is 11.0. The number of halogens is 2. The normalized spacial score (nSPS) is 18.3. The lowest BCUT2D eigenvalue weighted by molar-refractivity contribution is -0.133. The van der Waals surface area contributed by atoms with Gasteiger partial charge in [-0.3, -0.25) is 4.79 Å². The van der Waals surface area contributed by atoms with Gasteiger partial charge in [-0.2, -0.15) is 4.98 Å². The topological polar surface area (TPSA) is 85.3 Å². The SMILES string of the molecule is C[C@H](N)C(=O)N1CCCC1c1nc(Cc2ccc(Br)cc2)no1.Cl. The van der Waals surface area contributed by atoms with Crippen LogP contribution in [0.4, 0.5) is 0 Å². The third kappa shape index (κ3) is 4.15. The molecule has 3 rings (SSSR count). The molecule has 0 radical (unpaired) electrons. The van der Waals surface area contributed by atoms with Crippen LogP contribution in [-0.2, 0) is 11.2 Å². The van der Waals surface area contributed by atoms with Crippen molar-refractivity contribution >= 4 is 34.2 Å². The van der Waals surface area contributed by atoms with Crippen LogP contribution in [0.15, 0.2) is 33.3 Å². The summed E-state index contributed by atoms with van der Waals surface area (Å²) in [7, 11) is 0. The minimum Gasteiger partial charge on any atom is -0.337 e. The van der Waals surface area contributed by atoms with Crippen molar-refractivity contribution in [2.75, 3.05) is 6.54 Å². The van der Waals surface area contributed by atoms with Crippen molar-refractivity contribution in [3.8, 4) is 0 Å². The number of carbonyl (C=O) groups is 1. The lowest BCUT2D eigenvalue weighted by Crippen LogP contribution is -2.41. The molecule has 1 saturated heterocycles. The molecule has 1 aromatic heterocycles. The van der Waals surface area contributed by atoms with E-state index < -0.39 is 6.04 Å². The summed E-state index contributed by atoms with van der Waals surface area (Å²) >= 11 is 3.41. The molecule has 1 aliphatic rings. The van der Waals surface area contributed by atoms with Crippen molar-refractivity contribution in [3.05, 3.63) is 46.0 Å². The van der Waals surface area contributed by atoms with Crippen LogP contribution in [0.2, 0.25) is 0 Å². The zero-order chi connectivity index (χ0) is 16.4. The van der Waals surface area contributed by atoms with Crippen molar-refractivity contribution in [1.82, 2.24) is 15.0 Å². The molecule has 1 unspecified atom stereocenters. The van der Waals surface area contributed by atoms with Crippen LogP contribution in [0, 0.1) is 0 Å². The fourth-order valence-electron chi connectivity index (χ4n) is 2.81. The molecule has 1 aliphatic heterocycles. The summed E-state index contributed by atoms with van der Waals surface area (Å²) < 4.78 is 6.43. The van der Waals surface area contributed by atoms with Crippen LogP contribution in [0.1, 0.15) is 43.1 Å². The number of carbonyl (C=O) groups excluding carboxylic acids is 1. The monoisotopic (exact) mass is 414 g/mol. The van der Waals surface area contributed by atoms with E-state index in [1.165, 1.54) is 0 Å². The number of hydrogen-bond donors (Lipinski definition) is 1. The van der Waals surface area contributed by atoms with Crippen LogP contribution in [0.3, 0.4) is 0 Å². The van der Waals surface area contributed by atoms with E-state index in [1.807, 2.05) is 24.3 Å². The van der Waals surface area contributed by atoms with E-state index in [1.54, 1.807) is 11.8 Å². The fourth-order valence-corrected chi connectivity index (χ4v) is 3.07. The first kappa shape index (κ1) is 18.9. The van der Waals surface area contributed by atoms with Gasteiger partial charge in [-0.15, -0.1) is 12.4 Å². The third-order valence-electron chi connectivity index (χ3n) is 3.97. The second kappa shape index (κ2) is 8.09. The first-order valence-corrected chi connectivity index (χ1v) is 8.47. The summed E-state index contributed by atoms with van der Waals surface area (Å²) in [6, 6.07) is 7.33. The maximum atomic E-state index is 12.2. The number of benzene rings is 1. The highest BCUT2D eigenvalue weighted by molar-refractivity contribution is 9.10. The summed E-state index contributed by atoms with van der Waals surface area (Å²) in [6.45, 7) is 2.39. The largest absolute Gasteiger partial charge is 0.337 e. The highest BCUT2D eigenvalue weighted by Crippen LogP contribution is 2.31. The third-order valence-corrected chi connectivity index (χ3v) is 4.50. The highest BCUT2D eigenvalue weighted by Gasteiger charge is 2.35. The molecule has 24 heavy (non-hydrogen) atoms. The van der Waals surface area contributed by atoms with Crippen molar-refractivity contribution in [2.45, 2.75) is 38.3 Å². The Bertz CT molecular complexity index is 690. The van der Waals surface area contributed by atoms with E-state index in [9.17, 15) is 4.79 Å². The quantitative estimate of drug-likeness (QED) is 0.830. The van der Waals surface area contributed by atoms with Gasteiger partial charge >= 0.3 is 0 Å². The number of aromatic nitrogens is 2. The maximum Gasteiger partial charge on any atom is 0.249 e. The molecular formula is C16H20BrClN4O2. The molecule has 2 heterocycles. The average Bonchev–Trinajstić information content (AvgIpc) is 3.17. The Balaban J connectivity index is 0.00000208. The van der Waals surface area contributed by atoms with Crippen LogP contribution in [-0.4, -0.2) is 33.5 Å². The maximum absolute atomic E-state index is 12.2. The first-order valence-electron chi connectivity index (χ1n) is 7.67. The summed E-state index contributed by atoms with van der Waals surface area (Å²) in [5.41, 5.74) is 6.82. The van der Waals surface area contributed by atoms with Crippen molar-refractivity contribution in [3.63, 3.8) is 0 Å². The minimum atomic E-state index is -0.513. The molecule has 1 amide bonds. The van der Waals surface area contributed by atoms with E-state index in [4.69, 9.17) is 10.3 Å². The van der Waals surface area contributed by atoms with E-state index in [-0.39, 0.29) is 24.4 Å². The molecular weight excluding hydrogens is 396 g/mol. The molecule has 6 nitrogen and oxygen atoms in total. The van der Waals surface area contributed by atoms with Gasteiger partial charge in [0.2, 0.25) is 11.8 Å². The Morgan fingerprint density at radius 2 is 2.17 bits per heavy atom. The molecule has 0 spiro atoms. The molecule has 8 heteroatoms. The molecule has 0 aliphatic carbocycles. The highest BCUT2D eigenvalue weighted by atomic mass is 79.9. The van der Waals surface area contributed by atoms with Crippen molar-refractivity contribution in [1.29, 1.82) is 0 Å². The average molecular weight is 416 g/mol. The number of hydrogen-bond acceptors (Lipinski definition) is 5. The van der Waals surface area contributed by atoms with Gasteiger partial charge in [-0.05, 0) is 37.5 Å². The summed E-state index contributed by atoms with van der Waals surface area (Å²) in [5, 5.41) is 4.05. The van der Waals surface area contributed by atoms with Crippen LogP contribution >= 0.6 is 28.3 Å². The zero-order valence-electron chi connectivity index (χ0n) is 13.3. The molecule has 1 aromatic carbocycles. The fraction of sp³-hybridized carbons (Fsp3) is 0.438. The summed E-state index contributed by atoms with van der Waals surface area (Å²) in [5.74, 6) is 1.06. The molecule has 130 valence electrons. The zero-order valence-corrected chi connectivity index (χ0v) is 15.7. The predicted molar refractivity (Wildman–Crippen MR) is 95.8 cm³/mol. The van der Waals surface area contributed by atoms with Gasteiger partial charge in [-0.1, -0.05) is 33.2 Å². The van der Waals surface area contributed by atoms with Crippen molar-refractivity contribution in [2.24, 2.45) is 5.73 Å². The van der Waals surface area contributed by atoms with Crippen LogP contribution in [0.5, 0.6) is 0 Å². The van der Waals surface area contributed by atoms with Gasteiger partial charge in [0.1, 0.15) is 6.04 Å². The van der Waals surface area contributed by atoms with Gasteiger partial charge in [0.15, 0.2) is 5.82 Å².